The zero-order valence-corrected chi connectivity index (χ0v) is 22.3. The molecule has 1 N–H and O–H groups in total. The maximum Gasteiger partial charge on any atom is 0.416 e. The minimum Gasteiger partial charge on any atom is -0.450 e. The predicted octanol–water partition coefficient (Wildman–Crippen LogP) is 7.73. The second-order valence-corrected chi connectivity index (χ2v) is 9.42. The lowest BCUT2D eigenvalue weighted by Gasteiger charge is -2.12. The summed E-state index contributed by atoms with van der Waals surface area (Å²) in [5.74, 6) is -0.430. The van der Waals surface area contributed by atoms with Crippen LogP contribution in [-0.4, -0.2) is 21.6 Å². The number of alkyl halides is 3. The summed E-state index contributed by atoms with van der Waals surface area (Å²) >= 11 is 0. The van der Waals surface area contributed by atoms with Gasteiger partial charge in [-0.15, -0.1) is 0 Å². The Kier molecular flexibility index (Phi) is 7.49. The van der Waals surface area contributed by atoms with Gasteiger partial charge in [0.1, 0.15) is 5.75 Å². The van der Waals surface area contributed by atoms with Crippen molar-refractivity contribution in [3.8, 4) is 17.2 Å². The molecule has 8 nitrogen and oxygen atoms in total. The van der Waals surface area contributed by atoms with Crippen molar-refractivity contribution in [1.82, 2.24) is 9.99 Å². The van der Waals surface area contributed by atoms with E-state index in [0.29, 0.717) is 11.6 Å². The number of rotatable bonds is 7. The SMILES string of the molecule is Cc1cc(/C=N\NC(=O)c2cccc3ccccc23)c(C)n1-c1ccc(Oc2ccc(C(F)(F)F)cc2[N+](=O)[O-])cc1. The topological polar surface area (TPSA) is 98.8 Å². The highest BCUT2D eigenvalue weighted by molar-refractivity contribution is 6.07. The van der Waals surface area contributed by atoms with E-state index in [-0.39, 0.29) is 17.4 Å². The predicted molar refractivity (Wildman–Crippen MR) is 152 cm³/mol. The first-order valence-electron chi connectivity index (χ1n) is 12.7. The molecular weight excluding hydrogens is 549 g/mol. The van der Waals surface area contributed by atoms with Crippen LogP contribution in [-0.2, 0) is 6.18 Å². The van der Waals surface area contributed by atoms with Crippen molar-refractivity contribution in [2.24, 2.45) is 5.10 Å². The summed E-state index contributed by atoms with van der Waals surface area (Å²) in [6, 6.07) is 23.6. The summed E-state index contributed by atoms with van der Waals surface area (Å²) in [4.78, 5) is 23.2. The zero-order chi connectivity index (χ0) is 30.0. The molecule has 4 aromatic carbocycles. The molecule has 0 aliphatic carbocycles. The lowest BCUT2D eigenvalue weighted by Crippen LogP contribution is -2.18. The van der Waals surface area contributed by atoms with E-state index in [0.717, 1.165) is 45.5 Å². The first-order valence-corrected chi connectivity index (χ1v) is 12.7. The maximum absolute atomic E-state index is 13.0. The molecule has 11 heteroatoms. The summed E-state index contributed by atoms with van der Waals surface area (Å²) in [6.07, 6.45) is -3.16. The van der Waals surface area contributed by atoms with Gasteiger partial charge in [0.05, 0.1) is 16.7 Å². The number of nitrogens with one attached hydrogen (secondary N) is 1. The second kappa shape index (κ2) is 11.2. The third-order valence-corrected chi connectivity index (χ3v) is 6.68. The van der Waals surface area contributed by atoms with Crippen LogP contribution in [0.4, 0.5) is 18.9 Å². The van der Waals surface area contributed by atoms with E-state index in [4.69, 9.17) is 4.74 Å². The van der Waals surface area contributed by atoms with Crippen LogP contribution in [0.5, 0.6) is 11.5 Å². The highest BCUT2D eigenvalue weighted by Crippen LogP contribution is 2.38. The highest BCUT2D eigenvalue weighted by atomic mass is 19.4. The minimum atomic E-state index is -4.72. The van der Waals surface area contributed by atoms with Crippen molar-refractivity contribution < 1.29 is 27.6 Å². The molecule has 0 atom stereocenters. The fourth-order valence-electron chi connectivity index (χ4n) is 4.67. The van der Waals surface area contributed by atoms with E-state index in [1.54, 1.807) is 36.5 Å². The molecule has 5 aromatic rings. The number of hydrogen-bond acceptors (Lipinski definition) is 5. The molecule has 0 unspecified atom stereocenters. The van der Waals surface area contributed by atoms with E-state index in [1.165, 1.54) is 0 Å². The number of ether oxygens (including phenoxy) is 1. The number of carbonyl (C=O) groups is 1. The van der Waals surface area contributed by atoms with Gasteiger partial charge in [-0.1, -0.05) is 36.4 Å². The molecule has 42 heavy (non-hydrogen) atoms. The standard InChI is InChI=1S/C31H23F3N4O4/c1-19-16-22(18-35-36-30(39)27-9-5-7-21-6-3-4-8-26(21)27)20(2)37(19)24-11-13-25(14-12-24)42-29-15-10-23(31(32,33)34)17-28(29)38(40)41/h3-18H,1-2H3,(H,36,39)/b35-18-. The molecule has 212 valence electrons. The fourth-order valence-corrected chi connectivity index (χ4v) is 4.67. The van der Waals surface area contributed by atoms with E-state index in [9.17, 15) is 28.1 Å². The van der Waals surface area contributed by atoms with Crippen molar-refractivity contribution in [3.05, 3.63) is 129 Å². The van der Waals surface area contributed by atoms with Crippen LogP contribution in [0.1, 0.15) is 32.9 Å². The van der Waals surface area contributed by atoms with Gasteiger partial charge in [-0.3, -0.25) is 14.9 Å². The smallest absolute Gasteiger partial charge is 0.416 e. The summed E-state index contributed by atoms with van der Waals surface area (Å²) in [5, 5.41) is 17.3. The molecule has 0 aliphatic heterocycles. The van der Waals surface area contributed by atoms with Crippen LogP contribution in [0.3, 0.4) is 0 Å². The van der Waals surface area contributed by atoms with Crippen molar-refractivity contribution in [2.75, 3.05) is 0 Å². The Balaban J connectivity index is 1.32. The number of hydrazone groups is 1. The average Bonchev–Trinajstić information content (AvgIpc) is 3.24. The van der Waals surface area contributed by atoms with Gasteiger partial charge < -0.3 is 9.30 Å². The molecule has 0 fully saturated rings. The van der Waals surface area contributed by atoms with Gasteiger partial charge in [0.15, 0.2) is 0 Å². The zero-order valence-electron chi connectivity index (χ0n) is 22.3. The minimum absolute atomic E-state index is 0.210. The molecule has 0 saturated heterocycles. The number of benzene rings is 4. The molecule has 0 saturated carbocycles. The largest absolute Gasteiger partial charge is 0.450 e. The first-order chi connectivity index (χ1) is 20.0. The van der Waals surface area contributed by atoms with Gasteiger partial charge in [-0.2, -0.15) is 18.3 Å². The number of halogens is 3. The molecule has 1 amide bonds. The third kappa shape index (κ3) is 5.71. The van der Waals surface area contributed by atoms with Crippen LogP contribution in [0.15, 0.2) is 96.1 Å². The average molecular weight is 573 g/mol. The molecule has 1 aromatic heterocycles. The Hall–Kier alpha value is -5.45. The molecule has 0 radical (unpaired) electrons. The highest BCUT2D eigenvalue weighted by Gasteiger charge is 2.33. The van der Waals surface area contributed by atoms with E-state index < -0.39 is 22.4 Å². The number of nitrogens with zero attached hydrogens (tertiary/aromatic N) is 3. The molecule has 0 bridgehead atoms. The Morgan fingerprint density at radius 2 is 1.69 bits per heavy atom. The van der Waals surface area contributed by atoms with Crippen LogP contribution in [0.25, 0.3) is 16.5 Å². The maximum atomic E-state index is 13.0. The summed E-state index contributed by atoms with van der Waals surface area (Å²) < 4.78 is 46.5. The Morgan fingerprint density at radius 1 is 0.976 bits per heavy atom. The molecular formula is C31H23F3N4O4. The van der Waals surface area contributed by atoms with Crippen LogP contribution >= 0.6 is 0 Å². The third-order valence-electron chi connectivity index (χ3n) is 6.68. The van der Waals surface area contributed by atoms with Gasteiger partial charge in [-0.25, -0.2) is 5.43 Å². The number of hydrogen-bond donors (Lipinski definition) is 1. The number of nitro benzene ring substituents is 1. The number of amides is 1. The number of aromatic nitrogens is 1. The second-order valence-electron chi connectivity index (χ2n) is 9.42. The first kappa shape index (κ1) is 28.1. The van der Waals surface area contributed by atoms with Gasteiger partial charge in [-0.05, 0) is 73.2 Å². The Bertz CT molecular complexity index is 1840. The lowest BCUT2D eigenvalue weighted by atomic mass is 10.0. The van der Waals surface area contributed by atoms with Crippen molar-refractivity contribution >= 4 is 28.6 Å². The fraction of sp³-hybridized carbons (Fsp3) is 0.0968. The summed E-state index contributed by atoms with van der Waals surface area (Å²) in [6.45, 7) is 3.78. The van der Waals surface area contributed by atoms with Crippen LogP contribution in [0.2, 0.25) is 0 Å². The van der Waals surface area contributed by atoms with Gasteiger partial charge in [0, 0.05) is 34.3 Å². The number of fused-ring (bicyclic) bond motifs is 1. The summed E-state index contributed by atoms with van der Waals surface area (Å²) in [5.41, 5.74) is 4.40. The molecule has 0 spiro atoms. The quantitative estimate of drug-likeness (QED) is 0.123. The number of aryl methyl sites for hydroxylation is 1. The van der Waals surface area contributed by atoms with E-state index in [1.807, 2.05) is 60.9 Å². The van der Waals surface area contributed by atoms with Gasteiger partial charge in [0.25, 0.3) is 5.91 Å². The Morgan fingerprint density at radius 3 is 2.40 bits per heavy atom. The summed E-state index contributed by atoms with van der Waals surface area (Å²) in [7, 11) is 0. The van der Waals surface area contributed by atoms with Crippen LogP contribution in [0, 0.1) is 24.0 Å². The molecule has 5 rings (SSSR count). The molecule has 0 aliphatic rings. The Labute approximate surface area is 237 Å². The van der Waals surface area contributed by atoms with Crippen molar-refractivity contribution in [2.45, 2.75) is 20.0 Å². The van der Waals surface area contributed by atoms with E-state index in [2.05, 4.69) is 10.5 Å². The number of carbonyl (C=O) groups excluding carboxylic acids is 1. The number of nitro groups is 1. The van der Waals surface area contributed by atoms with Crippen LogP contribution < -0.4 is 10.2 Å². The van der Waals surface area contributed by atoms with Gasteiger partial charge in [0.2, 0.25) is 5.75 Å². The monoisotopic (exact) mass is 572 g/mol. The van der Waals surface area contributed by atoms with Crippen molar-refractivity contribution in [3.63, 3.8) is 0 Å². The molecule has 1 heterocycles. The normalized spacial score (nSPS) is 11.6. The lowest BCUT2D eigenvalue weighted by molar-refractivity contribution is -0.385. The van der Waals surface area contributed by atoms with E-state index >= 15 is 0 Å². The van der Waals surface area contributed by atoms with Gasteiger partial charge >= 0.3 is 11.9 Å². The van der Waals surface area contributed by atoms with Crippen molar-refractivity contribution in [1.29, 1.82) is 0 Å².